The number of hydrogen-bond donors (Lipinski definition) is 1. The Morgan fingerprint density at radius 3 is 3.00 bits per heavy atom. The number of rotatable bonds is 6. The van der Waals surface area contributed by atoms with E-state index >= 15 is 0 Å². The SMILES string of the molecule is CCSc1nc(C)cc(C(=O)NCCc2cccs2)n1. The molecule has 2 aromatic rings. The Labute approximate surface area is 127 Å². The molecule has 0 saturated carbocycles. The molecule has 1 amide bonds. The Morgan fingerprint density at radius 1 is 1.45 bits per heavy atom. The first kappa shape index (κ1) is 15.0. The molecule has 0 atom stereocenters. The number of aromatic nitrogens is 2. The van der Waals surface area contributed by atoms with E-state index in [-0.39, 0.29) is 5.91 Å². The molecule has 2 aromatic heterocycles. The highest BCUT2D eigenvalue weighted by Crippen LogP contribution is 2.13. The molecule has 2 rings (SSSR count). The van der Waals surface area contributed by atoms with Crippen LogP contribution in [0.25, 0.3) is 0 Å². The lowest BCUT2D eigenvalue weighted by atomic mass is 10.3. The highest BCUT2D eigenvalue weighted by Gasteiger charge is 2.10. The van der Waals surface area contributed by atoms with Crippen molar-refractivity contribution < 1.29 is 4.79 Å². The zero-order valence-corrected chi connectivity index (χ0v) is 13.2. The minimum atomic E-state index is -0.134. The summed E-state index contributed by atoms with van der Waals surface area (Å²) in [4.78, 5) is 21.9. The van der Waals surface area contributed by atoms with Crippen molar-refractivity contribution in [2.75, 3.05) is 12.3 Å². The summed E-state index contributed by atoms with van der Waals surface area (Å²) in [7, 11) is 0. The van der Waals surface area contributed by atoms with Gasteiger partial charge in [-0.25, -0.2) is 9.97 Å². The molecule has 0 unspecified atom stereocenters. The number of carbonyl (C=O) groups excluding carboxylic acids is 1. The zero-order chi connectivity index (χ0) is 14.4. The van der Waals surface area contributed by atoms with Gasteiger partial charge in [0.15, 0.2) is 5.16 Å². The van der Waals surface area contributed by atoms with Crippen molar-refractivity contribution in [1.29, 1.82) is 0 Å². The van der Waals surface area contributed by atoms with Crippen molar-refractivity contribution in [1.82, 2.24) is 15.3 Å². The molecule has 0 radical (unpaired) electrons. The summed E-state index contributed by atoms with van der Waals surface area (Å²) in [5.74, 6) is 0.758. The molecule has 0 aliphatic rings. The Bertz CT molecular complexity index is 570. The summed E-state index contributed by atoms with van der Waals surface area (Å²) in [6, 6.07) is 5.81. The van der Waals surface area contributed by atoms with Crippen LogP contribution in [0.2, 0.25) is 0 Å². The van der Waals surface area contributed by atoms with E-state index in [0.717, 1.165) is 17.9 Å². The number of nitrogens with zero attached hydrogens (tertiary/aromatic N) is 2. The molecule has 0 aromatic carbocycles. The lowest BCUT2D eigenvalue weighted by Gasteiger charge is -2.06. The van der Waals surface area contributed by atoms with Gasteiger partial charge >= 0.3 is 0 Å². The van der Waals surface area contributed by atoms with E-state index in [2.05, 4.69) is 21.4 Å². The molecule has 0 fully saturated rings. The highest BCUT2D eigenvalue weighted by molar-refractivity contribution is 7.99. The minimum Gasteiger partial charge on any atom is -0.350 e. The van der Waals surface area contributed by atoms with Crippen molar-refractivity contribution in [3.8, 4) is 0 Å². The zero-order valence-electron chi connectivity index (χ0n) is 11.5. The smallest absolute Gasteiger partial charge is 0.270 e. The van der Waals surface area contributed by atoms with Gasteiger partial charge in [0, 0.05) is 17.1 Å². The molecule has 1 N–H and O–H groups in total. The second-order valence-corrected chi connectivity index (χ2v) is 6.46. The van der Waals surface area contributed by atoms with Crippen molar-refractivity contribution in [2.24, 2.45) is 0 Å². The first-order valence-corrected chi connectivity index (χ1v) is 8.34. The molecule has 0 aliphatic heterocycles. The predicted octanol–water partition coefficient (Wildman–Crippen LogP) is 2.93. The van der Waals surface area contributed by atoms with Gasteiger partial charge in [0.2, 0.25) is 0 Å². The van der Waals surface area contributed by atoms with E-state index in [4.69, 9.17) is 0 Å². The Kier molecular flexibility index (Phi) is 5.55. The molecular weight excluding hydrogens is 290 g/mol. The maximum absolute atomic E-state index is 12.1. The number of carbonyl (C=O) groups is 1. The third-order valence-corrected chi connectivity index (χ3v) is 4.24. The maximum atomic E-state index is 12.1. The van der Waals surface area contributed by atoms with Crippen LogP contribution < -0.4 is 5.32 Å². The fourth-order valence-electron chi connectivity index (χ4n) is 1.70. The van der Waals surface area contributed by atoms with Crippen LogP contribution in [0.5, 0.6) is 0 Å². The largest absolute Gasteiger partial charge is 0.350 e. The van der Waals surface area contributed by atoms with Crippen LogP contribution in [0.1, 0.15) is 28.0 Å². The molecule has 0 spiro atoms. The quantitative estimate of drug-likeness (QED) is 0.658. The van der Waals surface area contributed by atoms with Crippen LogP contribution >= 0.6 is 23.1 Å². The summed E-state index contributed by atoms with van der Waals surface area (Å²) < 4.78 is 0. The van der Waals surface area contributed by atoms with E-state index in [1.807, 2.05) is 25.3 Å². The van der Waals surface area contributed by atoms with Crippen molar-refractivity contribution in [3.63, 3.8) is 0 Å². The standard InChI is InChI=1S/C14H17N3OS2/c1-3-19-14-16-10(2)9-12(17-14)13(18)15-7-6-11-5-4-8-20-11/h4-5,8-9H,3,6-7H2,1-2H3,(H,15,18). The van der Waals surface area contributed by atoms with Gasteiger partial charge in [0.05, 0.1) is 0 Å². The molecule has 0 aliphatic carbocycles. The molecule has 0 bridgehead atoms. The van der Waals surface area contributed by atoms with E-state index in [1.54, 1.807) is 29.2 Å². The third kappa shape index (κ3) is 4.31. The molecule has 20 heavy (non-hydrogen) atoms. The van der Waals surface area contributed by atoms with Crippen molar-refractivity contribution in [3.05, 3.63) is 39.8 Å². The first-order chi connectivity index (χ1) is 9.69. The molecule has 4 nitrogen and oxygen atoms in total. The van der Waals surface area contributed by atoms with Crippen LogP contribution in [0, 0.1) is 6.92 Å². The minimum absolute atomic E-state index is 0.134. The topological polar surface area (TPSA) is 54.9 Å². The highest BCUT2D eigenvalue weighted by atomic mass is 32.2. The van der Waals surface area contributed by atoms with Gasteiger partial charge < -0.3 is 5.32 Å². The van der Waals surface area contributed by atoms with Gasteiger partial charge in [-0.1, -0.05) is 24.8 Å². The molecular formula is C14H17N3OS2. The van der Waals surface area contributed by atoms with Gasteiger partial charge in [-0.2, -0.15) is 0 Å². The Hall–Kier alpha value is -1.40. The van der Waals surface area contributed by atoms with Crippen LogP contribution in [-0.2, 0) is 6.42 Å². The van der Waals surface area contributed by atoms with Gasteiger partial charge in [0.25, 0.3) is 5.91 Å². The van der Waals surface area contributed by atoms with Crippen molar-refractivity contribution in [2.45, 2.75) is 25.4 Å². The van der Waals surface area contributed by atoms with Crippen LogP contribution in [0.15, 0.2) is 28.7 Å². The van der Waals surface area contributed by atoms with E-state index < -0.39 is 0 Å². The monoisotopic (exact) mass is 307 g/mol. The summed E-state index contributed by atoms with van der Waals surface area (Å²) in [6.07, 6.45) is 0.851. The normalized spacial score (nSPS) is 10.5. The second kappa shape index (κ2) is 7.40. The number of aryl methyl sites for hydroxylation is 1. The summed E-state index contributed by atoms with van der Waals surface area (Å²) in [5.41, 5.74) is 1.26. The van der Waals surface area contributed by atoms with E-state index in [9.17, 15) is 4.79 Å². The van der Waals surface area contributed by atoms with Gasteiger partial charge in [0.1, 0.15) is 5.69 Å². The average molecular weight is 307 g/mol. The number of thiophene rings is 1. The summed E-state index contributed by atoms with van der Waals surface area (Å²) >= 11 is 3.24. The first-order valence-electron chi connectivity index (χ1n) is 6.48. The van der Waals surface area contributed by atoms with Gasteiger partial charge in [-0.3, -0.25) is 4.79 Å². The summed E-state index contributed by atoms with van der Waals surface area (Å²) in [5, 5.41) is 5.61. The third-order valence-electron chi connectivity index (χ3n) is 2.58. The van der Waals surface area contributed by atoms with Gasteiger partial charge in [-0.05, 0) is 36.6 Å². The van der Waals surface area contributed by atoms with Crippen LogP contribution in [0.3, 0.4) is 0 Å². The number of thioether (sulfide) groups is 1. The molecule has 106 valence electrons. The Morgan fingerprint density at radius 2 is 2.30 bits per heavy atom. The predicted molar refractivity (Wildman–Crippen MR) is 83.5 cm³/mol. The lowest BCUT2D eigenvalue weighted by Crippen LogP contribution is -2.26. The summed E-state index contributed by atoms with van der Waals surface area (Å²) in [6.45, 7) is 4.54. The average Bonchev–Trinajstić information content (AvgIpc) is 2.91. The van der Waals surface area contributed by atoms with Gasteiger partial charge in [-0.15, -0.1) is 11.3 Å². The molecule has 2 heterocycles. The van der Waals surface area contributed by atoms with E-state index in [0.29, 0.717) is 17.4 Å². The fourth-order valence-corrected chi connectivity index (χ4v) is 3.03. The molecule has 0 saturated heterocycles. The number of nitrogens with one attached hydrogen (secondary N) is 1. The van der Waals surface area contributed by atoms with Crippen molar-refractivity contribution >= 4 is 29.0 Å². The second-order valence-electron chi connectivity index (χ2n) is 4.20. The van der Waals surface area contributed by atoms with Crippen LogP contribution in [-0.4, -0.2) is 28.2 Å². The maximum Gasteiger partial charge on any atom is 0.270 e. The number of amides is 1. The van der Waals surface area contributed by atoms with Crippen LogP contribution in [0.4, 0.5) is 0 Å². The Balaban J connectivity index is 1.94. The lowest BCUT2D eigenvalue weighted by molar-refractivity contribution is 0.0948. The van der Waals surface area contributed by atoms with E-state index in [1.165, 1.54) is 4.88 Å². The molecule has 6 heteroatoms. The number of hydrogen-bond acceptors (Lipinski definition) is 5. The fraction of sp³-hybridized carbons (Fsp3) is 0.357.